The van der Waals surface area contributed by atoms with E-state index in [1.807, 2.05) is 0 Å². The molecule has 0 spiro atoms. The van der Waals surface area contributed by atoms with Crippen LogP contribution in [0.5, 0.6) is 0 Å². The van der Waals surface area contributed by atoms with Crippen LogP contribution in [0.3, 0.4) is 0 Å². The van der Waals surface area contributed by atoms with E-state index in [1.165, 1.54) is 270 Å². The van der Waals surface area contributed by atoms with Gasteiger partial charge < -0.3 is 14.2 Å². The summed E-state index contributed by atoms with van der Waals surface area (Å²) < 4.78 is 16.9. The van der Waals surface area contributed by atoms with Gasteiger partial charge in [-0.3, -0.25) is 14.4 Å². The average molecular weight is 1140 g/mol. The Morgan fingerprint density at radius 1 is 0.259 bits per heavy atom. The van der Waals surface area contributed by atoms with Crippen LogP contribution in [0.2, 0.25) is 0 Å². The number of carbonyl (C=O) groups excluding carboxylic acids is 3. The van der Waals surface area contributed by atoms with Gasteiger partial charge in [-0.2, -0.15) is 0 Å². The third kappa shape index (κ3) is 68.0. The second-order valence-corrected chi connectivity index (χ2v) is 24.5. The van der Waals surface area contributed by atoms with E-state index in [9.17, 15) is 14.4 Å². The largest absolute Gasteiger partial charge is 0.462 e. The van der Waals surface area contributed by atoms with Crippen molar-refractivity contribution in [1.82, 2.24) is 0 Å². The van der Waals surface area contributed by atoms with Crippen molar-refractivity contribution in [2.75, 3.05) is 13.2 Å². The Balaban J connectivity index is 4.04. The molecule has 1 unspecified atom stereocenters. The molecule has 0 rings (SSSR count). The minimum absolute atomic E-state index is 0.0682. The van der Waals surface area contributed by atoms with E-state index in [1.54, 1.807) is 0 Å². The van der Waals surface area contributed by atoms with Gasteiger partial charge in [-0.1, -0.05) is 365 Å². The van der Waals surface area contributed by atoms with E-state index in [0.29, 0.717) is 19.3 Å². The van der Waals surface area contributed by atoms with Gasteiger partial charge in [0.05, 0.1) is 0 Å². The van der Waals surface area contributed by atoms with Crippen LogP contribution in [0.1, 0.15) is 393 Å². The molecule has 0 aromatic carbocycles. The Labute approximate surface area is 505 Å². The number of esters is 3. The average Bonchev–Trinajstić information content (AvgIpc) is 3.47. The molecule has 6 nitrogen and oxygen atoms in total. The maximum atomic E-state index is 12.9. The van der Waals surface area contributed by atoms with E-state index in [4.69, 9.17) is 14.2 Å². The van der Waals surface area contributed by atoms with Crippen molar-refractivity contribution >= 4 is 17.9 Å². The Kier molecular flexibility index (Phi) is 67.6. The summed E-state index contributed by atoms with van der Waals surface area (Å²) in [5, 5.41) is 0. The molecule has 0 aliphatic rings. The maximum Gasteiger partial charge on any atom is 0.306 e. The SMILES string of the molecule is CC/C=C\C/C=C\C/C=C\C/C=C\CCCCCCCCCCCCCCC(=O)OC(COC(=O)CCCCCCCCCC)COC(=O)CCCCCCCCCCCCCCCCCCCCCCCCCCCCCCCC. The van der Waals surface area contributed by atoms with Crippen LogP contribution in [-0.2, 0) is 28.6 Å². The Bertz CT molecular complexity index is 1400. The van der Waals surface area contributed by atoms with Crippen molar-refractivity contribution in [3.05, 3.63) is 48.6 Å². The first-order chi connectivity index (χ1) is 40.0. The second-order valence-electron chi connectivity index (χ2n) is 24.5. The molecule has 0 saturated heterocycles. The molecule has 0 amide bonds. The number of hydrogen-bond acceptors (Lipinski definition) is 6. The molecular weight excluding hydrogens is 997 g/mol. The second kappa shape index (κ2) is 69.9. The molecule has 6 heteroatoms. The van der Waals surface area contributed by atoms with Crippen molar-refractivity contribution in [1.29, 1.82) is 0 Å². The highest BCUT2D eigenvalue weighted by molar-refractivity contribution is 5.71. The van der Waals surface area contributed by atoms with Crippen molar-refractivity contribution in [2.24, 2.45) is 0 Å². The molecule has 0 saturated carbocycles. The predicted octanol–water partition coefficient (Wildman–Crippen LogP) is 24.9. The molecule has 0 aliphatic heterocycles. The van der Waals surface area contributed by atoms with Gasteiger partial charge in [0.15, 0.2) is 6.10 Å². The van der Waals surface area contributed by atoms with E-state index in [-0.39, 0.29) is 31.1 Å². The monoisotopic (exact) mass is 1140 g/mol. The van der Waals surface area contributed by atoms with Gasteiger partial charge in [0, 0.05) is 19.3 Å². The molecule has 81 heavy (non-hydrogen) atoms. The number of ether oxygens (including phenoxy) is 3. The van der Waals surface area contributed by atoms with Gasteiger partial charge in [0.2, 0.25) is 0 Å². The van der Waals surface area contributed by atoms with Crippen LogP contribution in [0.4, 0.5) is 0 Å². The first kappa shape index (κ1) is 78.4. The zero-order valence-electron chi connectivity index (χ0n) is 54.6. The van der Waals surface area contributed by atoms with Crippen LogP contribution >= 0.6 is 0 Å². The van der Waals surface area contributed by atoms with Gasteiger partial charge in [-0.25, -0.2) is 0 Å². The smallest absolute Gasteiger partial charge is 0.306 e. The van der Waals surface area contributed by atoms with E-state index in [0.717, 1.165) is 83.5 Å². The molecule has 0 bridgehead atoms. The van der Waals surface area contributed by atoms with Gasteiger partial charge >= 0.3 is 17.9 Å². The summed E-state index contributed by atoms with van der Waals surface area (Å²) in [4.78, 5) is 38.3. The molecule has 0 heterocycles. The summed E-state index contributed by atoms with van der Waals surface area (Å²) in [6.07, 6.45) is 88.9. The van der Waals surface area contributed by atoms with Crippen LogP contribution in [0.15, 0.2) is 48.6 Å². The minimum Gasteiger partial charge on any atom is -0.462 e. The maximum absolute atomic E-state index is 12.9. The molecule has 0 fully saturated rings. The third-order valence-electron chi connectivity index (χ3n) is 16.3. The standard InChI is InChI=1S/C75H138O6/c1-4-7-10-13-16-19-21-23-25-27-29-31-33-35-36-37-38-39-41-42-44-46-48-50-52-54-56-59-62-65-68-74(77)80-71-72(70-79-73(76)67-64-61-58-18-15-12-9-6-3)81-75(78)69-66-63-60-57-55-53-51-49-47-45-43-40-34-32-30-28-26-24-22-20-17-14-11-8-5-2/h8,11,17,20,24,26,30,32,72H,4-7,9-10,12-16,18-19,21-23,25,27-29,31,33-71H2,1-3H3/b11-8-,20-17-,26-24-,32-30-. The highest BCUT2D eigenvalue weighted by atomic mass is 16.6. The fourth-order valence-corrected chi connectivity index (χ4v) is 11.0. The zero-order valence-corrected chi connectivity index (χ0v) is 54.6. The fraction of sp³-hybridized carbons (Fsp3) is 0.853. The quantitative estimate of drug-likeness (QED) is 0.0261. The summed E-state index contributed by atoms with van der Waals surface area (Å²) in [6.45, 7) is 6.57. The fourth-order valence-electron chi connectivity index (χ4n) is 11.0. The molecule has 0 aromatic heterocycles. The number of rotatable bonds is 67. The third-order valence-corrected chi connectivity index (χ3v) is 16.3. The molecule has 0 aliphatic carbocycles. The van der Waals surface area contributed by atoms with Crippen molar-refractivity contribution in [3.63, 3.8) is 0 Å². The summed E-state index contributed by atoms with van der Waals surface area (Å²) in [6, 6.07) is 0. The first-order valence-corrected chi connectivity index (χ1v) is 36.1. The predicted molar refractivity (Wildman–Crippen MR) is 353 cm³/mol. The molecular formula is C75H138O6. The lowest BCUT2D eigenvalue weighted by molar-refractivity contribution is -0.167. The van der Waals surface area contributed by atoms with Gasteiger partial charge in [0.1, 0.15) is 13.2 Å². The summed E-state index contributed by atoms with van der Waals surface area (Å²) in [5.41, 5.74) is 0. The number of hydrogen-bond donors (Lipinski definition) is 0. The zero-order chi connectivity index (χ0) is 58.5. The van der Waals surface area contributed by atoms with Crippen molar-refractivity contribution in [3.8, 4) is 0 Å². The van der Waals surface area contributed by atoms with Crippen molar-refractivity contribution < 1.29 is 28.6 Å². The summed E-state index contributed by atoms with van der Waals surface area (Å²) >= 11 is 0. The van der Waals surface area contributed by atoms with Crippen molar-refractivity contribution in [2.45, 2.75) is 399 Å². The van der Waals surface area contributed by atoms with Gasteiger partial charge in [-0.05, 0) is 57.8 Å². The number of carbonyl (C=O) groups is 3. The number of allylic oxidation sites excluding steroid dienone is 8. The summed E-state index contributed by atoms with van der Waals surface area (Å²) in [7, 11) is 0. The normalized spacial score (nSPS) is 12.3. The Morgan fingerprint density at radius 3 is 0.753 bits per heavy atom. The van der Waals surface area contributed by atoms with Gasteiger partial charge in [-0.15, -0.1) is 0 Å². The highest BCUT2D eigenvalue weighted by Gasteiger charge is 2.19. The Morgan fingerprint density at radius 2 is 0.481 bits per heavy atom. The van der Waals surface area contributed by atoms with E-state index < -0.39 is 6.10 Å². The van der Waals surface area contributed by atoms with E-state index >= 15 is 0 Å². The topological polar surface area (TPSA) is 78.9 Å². The summed E-state index contributed by atoms with van der Waals surface area (Å²) in [5.74, 6) is -0.849. The van der Waals surface area contributed by atoms with Gasteiger partial charge in [0.25, 0.3) is 0 Å². The van der Waals surface area contributed by atoms with E-state index in [2.05, 4.69) is 69.4 Å². The number of unbranched alkanes of at least 4 members (excludes halogenated alkanes) is 48. The molecule has 0 aromatic rings. The lowest BCUT2D eigenvalue weighted by Gasteiger charge is -2.18. The molecule has 0 radical (unpaired) electrons. The lowest BCUT2D eigenvalue weighted by Crippen LogP contribution is -2.30. The molecule has 0 N–H and O–H groups in total. The van der Waals surface area contributed by atoms with Crippen LogP contribution in [0.25, 0.3) is 0 Å². The van der Waals surface area contributed by atoms with Crippen LogP contribution < -0.4 is 0 Å². The molecule has 1 atom stereocenters. The van der Waals surface area contributed by atoms with Crippen LogP contribution in [-0.4, -0.2) is 37.2 Å². The van der Waals surface area contributed by atoms with Crippen LogP contribution in [0, 0.1) is 0 Å². The first-order valence-electron chi connectivity index (χ1n) is 36.1. The molecule has 474 valence electrons. The lowest BCUT2D eigenvalue weighted by atomic mass is 10.0. The highest BCUT2D eigenvalue weighted by Crippen LogP contribution is 2.19. The Hall–Kier alpha value is -2.63. The minimum atomic E-state index is -0.770.